The Balaban J connectivity index is -0.0000000622. The fraction of sp³-hybridized carbons (Fsp3) is 0.778. The molecule has 0 aliphatic carbocycles. The van der Waals surface area contributed by atoms with Crippen molar-refractivity contribution >= 4 is 42.3 Å². The molecule has 0 aliphatic heterocycles. The summed E-state index contributed by atoms with van der Waals surface area (Å²) >= 11 is 2.15. The van der Waals surface area contributed by atoms with Crippen LogP contribution in [0.25, 0.3) is 0 Å². The summed E-state index contributed by atoms with van der Waals surface area (Å²) < 4.78 is 40.1. The van der Waals surface area contributed by atoms with Crippen molar-refractivity contribution < 1.29 is 47.8 Å². The first-order valence-corrected chi connectivity index (χ1v) is 10.5. The second-order valence-electron chi connectivity index (χ2n) is 3.62. The van der Waals surface area contributed by atoms with E-state index in [1.54, 1.807) is 6.07 Å². The molecule has 0 radical (unpaired) electrons. The molecule has 0 aromatic carbocycles. The van der Waals surface area contributed by atoms with Gasteiger partial charge in [-0.3, -0.25) is 0 Å². The van der Waals surface area contributed by atoms with E-state index >= 15 is 0 Å². The van der Waals surface area contributed by atoms with Crippen LogP contribution in [0.4, 0.5) is 0 Å². The molecule has 0 amide bonds. The number of halogens is 1. The number of hydrogen-bond acceptors (Lipinski definition) is 6. The molecular weight excluding hydrogens is 414 g/mol. The third-order valence-electron chi connectivity index (χ3n) is 1.52. The Morgan fingerprint density at radius 3 is 1.42 bits per heavy atom. The van der Waals surface area contributed by atoms with Crippen LogP contribution in [0.15, 0.2) is 0 Å². The molecule has 0 aromatic heterocycles. The molecule has 0 rings (SSSR count). The summed E-state index contributed by atoms with van der Waals surface area (Å²) in [6, 6.07) is 3.21. The molecule has 108 valence electrons. The molecule has 19 heavy (non-hydrogen) atoms. The van der Waals surface area contributed by atoms with Gasteiger partial charge in [-0.1, -0.05) is 22.6 Å². The van der Waals surface area contributed by atoms with E-state index in [1.807, 2.05) is 4.93 Å². The van der Waals surface area contributed by atoms with Crippen molar-refractivity contribution in [1.82, 2.24) is 0 Å². The average molecular weight is 432 g/mol. The quantitative estimate of drug-likeness (QED) is 0.285. The van der Waals surface area contributed by atoms with Gasteiger partial charge in [0.25, 0.3) is 0 Å². The standard InChI is InChI=1S/C5H9NO2S.C3H5NO2S.CH3I.Na.H/c1-5(2,4-6)9(3,7)8;1-7(5,6)3-2-4;1-2;;/h1-3H3;3H2,1H3;1H3;;/q;;;+1;-1. The molecule has 0 fully saturated rings. The van der Waals surface area contributed by atoms with Crippen LogP contribution in [0.2, 0.25) is 0 Å². The summed E-state index contributed by atoms with van der Waals surface area (Å²) in [7, 11) is -6.25. The van der Waals surface area contributed by atoms with Gasteiger partial charge < -0.3 is 1.43 Å². The van der Waals surface area contributed by atoms with Crippen LogP contribution in [0.1, 0.15) is 15.3 Å². The third-order valence-corrected chi connectivity index (χ3v) is 4.12. The smallest absolute Gasteiger partial charge is 1.00 e. The van der Waals surface area contributed by atoms with Crippen molar-refractivity contribution in [3.05, 3.63) is 0 Å². The molecule has 0 N–H and O–H groups in total. The molecule has 0 spiro atoms. The van der Waals surface area contributed by atoms with Crippen molar-refractivity contribution in [2.45, 2.75) is 18.6 Å². The maximum atomic E-state index is 10.7. The Hall–Kier alpha value is 0.610. The monoisotopic (exact) mass is 432 g/mol. The van der Waals surface area contributed by atoms with Crippen LogP contribution in [-0.2, 0) is 19.7 Å². The number of hydrogen-bond donors (Lipinski definition) is 0. The summed E-state index contributed by atoms with van der Waals surface area (Å²) in [5.74, 6) is -0.382. The minimum Gasteiger partial charge on any atom is -1.00 e. The molecule has 0 saturated heterocycles. The molecule has 0 bridgehead atoms. The topological polar surface area (TPSA) is 116 Å². The second kappa shape index (κ2) is 12.4. The van der Waals surface area contributed by atoms with Crippen LogP contribution >= 0.6 is 22.6 Å². The molecule has 0 saturated carbocycles. The molecule has 0 heterocycles. The van der Waals surface area contributed by atoms with E-state index in [-0.39, 0.29) is 36.7 Å². The first-order valence-electron chi connectivity index (χ1n) is 4.40. The van der Waals surface area contributed by atoms with Gasteiger partial charge in [-0.25, -0.2) is 16.8 Å². The zero-order chi connectivity index (χ0) is 15.6. The maximum Gasteiger partial charge on any atom is 1.00 e. The first kappa shape index (κ1) is 27.9. The van der Waals surface area contributed by atoms with Gasteiger partial charge in [0, 0.05) is 12.5 Å². The van der Waals surface area contributed by atoms with E-state index in [9.17, 15) is 16.8 Å². The van der Waals surface area contributed by atoms with Gasteiger partial charge in [-0.05, 0) is 18.8 Å². The summed E-state index contributed by atoms with van der Waals surface area (Å²) in [5, 5.41) is 16.1. The summed E-state index contributed by atoms with van der Waals surface area (Å²) in [6.07, 6.45) is 2.08. The molecule has 6 nitrogen and oxygen atoms in total. The van der Waals surface area contributed by atoms with Crippen molar-refractivity contribution in [1.29, 1.82) is 10.5 Å². The van der Waals surface area contributed by atoms with Gasteiger partial charge >= 0.3 is 29.6 Å². The number of rotatable bonds is 2. The summed E-state index contributed by atoms with van der Waals surface area (Å²) in [6.45, 7) is 2.75. The van der Waals surface area contributed by atoms with E-state index in [0.717, 1.165) is 12.5 Å². The van der Waals surface area contributed by atoms with Crippen LogP contribution < -0.4 is 29.6 Å². The van der Waals surface area contributed by atoms with Crippen LogP contribution in [0.5, 0.6) is 0 Å². The second-order valence-corrected chi connectivity index (χ2v) is 8.33. The third kappa shape index (κ3) is 18.6. The van der Waals surface area contributed by atoms with Gasteiger partial charge in [-0.15, -0.1) is 0 Å². The maximum absolute atomic E-state index is 10.7. The minimum absolute atomic E-state index is 0. The van der Waals surface area contributed by atoms with Gasteiger partial charge in [0.15, 0.2) is 24.4 Å². The van der Waals surface area contributed by atoms with E-state index in [1.165, 1.54) is 19.9 Å². The molecule has 0 aliphatic rings. The predicted molar refractivity (Wildman–Crippen MR) is 80.9 cm³/mol. The van der Waals surface area contributed by atoms with Crippen molar-refractivity contribution in [2.24, 2.45) is 0 Å². The van der Waals surface area contributed by atoms with E-state index < -0.39 is 24.4 Å². The summed E-state index contributed by atoms with van der Waals surface area (Å²) in [5.41, 5.74) is 0. The number of nitrogens with zero attached hydrogens (tertiary/aromatic N) is 2. The Bertz CT molecular complexity index is 521. The number of sulfone groups is 2. The Labute approximate surface area is 153 Å². The normalized spacial score (nSPS) is 10.1. The average Bonchev–Trinajstić information content (AvgIpc) is 2.18. The van der Waals surface area contributed by atoms with E-state index in [2.05, 4.69) is 22.6 Å². The Morgan fingerprint density at radius 2 is 1.42 bits per heavy atom. The first-order chi connectivity index (χ1) is 7.87. The van der Waals surface area contributed by atoms with E-state index in [4.69, 9.17) is 10.5 Å². The van der Waals surface area contributed by atoms with E-state index in [0.29, 0.717) is 0 Å². The number of nitriles is 2. The van der Waals surface area contributed by atoms with Crippen molar-refractivity contribution in [3.8, 4) is 12.1 Å². The van der Waals surface area contributed by atoms with Crippen LogP contribution in [0.3, 0.4) is 0 Å². The zero-order valence-electron chi connectivity index (χ0n) is 12.9. The molecular formula is C9H18IN2NaO4S2. The predicted octanol–water partition coefficient (Wildman–Crippen LogP) is -1.94. The van der Waals surface area contributed by atoms with Crippen LogP contribution in [0, 0.1) is 22.7 Å². The summed E-state index contributed by atoms with van der Waals surface area (Å²) in [4.78, 5) is 1.97. The molecule has 10 heteroatoms. The van der Waals surface area contributed by atoms with Crippen molar-refractivity contribution in [3.63, 3.8) is 0 Å². The fourth-order valence-electron chi connectivity index (χ4n) is 0.200. The fourth-order valence-corrected chi connectivity index (χ4v) is 0.600. The zero-order valence-corrected chi connectivity index (χ0v) is 17.7. The largest absolute Gasteiger partial charge is 1.00 e. The van der Waals surface area contributed by atoms with Gasteiger partial charge in [-0.2, -0.15) is 10.5 Å². The van der Waals surface area contributed by atoms with Gasteiger partial charge in [0.1, 0.15) is 5.75 Å². The number of alkyl halides is 1. The van der Waals surface area contributed by atoms with Crippen molar-refractivity contribution in [2.75, 3.05) is 23.2 Å². The van der Waals surface area contributed by atoms with Gasteiger partial charge in [0.2, 0.25) is 0 Å². The SMILES string of the molecule is CC(C)(C#N)S(C)(=O)=O.CI.CS(=O)(=O)CC#N.[H-].[Na+]. The Kier molecular flexibility index (Phi) is 18.1. The Morgan fingerprint density at radius 1 is 1.11 bits per heavy atom. The molecule has 0 atom stereocenters. The minimum atomic E-state index is -3.21. The van der Waals surface area contributed by atoms with Crippen LogP contribution in [-0.4, -0.2) is 44.8 Å². The van der Waals surface area contributed by atoms with Gasteiger partial charge in [0.05, 0.1) is 12.1 Å². The molecule has 0 unspecified atom stereocenters. The molecule has 0 aromatic rings.